The third-order valence-corrected chi connectivity index (χ3v) is 18.3. The Morgan fingerprint density at radius 2 is 1.00 bits per heavy atom. The number of fused-ring (bicyclic) bond motifs is 12. The third-order valence-electron chi connectivity index (χ3n) is 18.3. The van der Waals surface area contributed by atoms with Crippen molar-refractivity contribution < 1.29 is 0 Å². The minimum absolute atomic E-state index is 0.139. The van der Waals surface area contributed by atoms with E-state index in [2.05, 4.69) is 219 Å². The summed E-state index contributed by atoms with van der Waals surface area (Å²) in [6, 6.07) is 76.4. The Morgan fingerprint density at radius 3 is 1.79 bits per heavy atom. The van der Waals surface area contributed by atoms with Crippen LogP contribution in [0.15, 0.2) is 200 Å². The van der Waals surface area contributed by atoms with Crippen molar-refractivity contribution in [3.8, 4) is 55.6 Å². The maximum Gasteiger partial charge on any atom is 0.0540 e. The van der Waals surface area contributed by atoms with Crippen LogP contribution in [0.1, 0.15) is 61.8 Å². The van der Waals surface area contributed by atoms with Crippen LogP contribution in [-0.2, 0) is 10.8 Å². The van der Waals surface area contributed by atoms with Gasteiger partial charge in [-0.25, -0.2) is 0 Å². The van der Waals surface area contributed by atoms with Gasteiger partial charge in [-0.2, -0.15) is 0 Å². The Morgan fingerprint density at radius 1 is 0.409 bits per heavy atom. The first-order valence-electron chi connectivity index (χ1n) is 24.5. The summed E-state index contributed by atoms with van der Waals surface area (Å²) in [7, 11) is 0. The van der Waals surface area contributed by atoms with Crippen LogP contribution in [-0.4, -0.2) is 0 Å². The van der Waals surface area contributed by atoms with Gasteiger partial charge in [0.2, 0.25) is 0 Å². The Balaban J connectivity index is 0.958. The lowest BCUT2D eigenvalue weighted by Gasteiger charge is -2.76. The highest BCUT2D eigenvalue weighted by Gasteiger charge is 2.84. The summed E-state index contributed by atoms with van der Waals surface area (Å²) in [6.07, 6.45) is 5.78. The molecule has 0 radical (unpaired) electrons. The summed E-state index contributed by atoms with van der Waals surface area (Å²) in [6.45, 7) is 4.80. The number of anilines is 3. The SMILES string of the molecule is CC1(C)c2ccccc2-c2ccc(N(c3ccccc3-c3ccc4c(c3)C3(c5ccccc5-4)C4CC5CC6CC3C64C5)c3ccccc3-c3cccc4cccc(-c5ccccc5)c34)cc21. The molecule has 4 saturated carbocycles. The van der Waals surface area contributed by atoms with Crippen LogP contribution >= 0.6 is 0 Å². The van der Waals surface area contributed by atoms with Gasteiger partial charge in [-0.05, 0) is 163 Å². The standard InChI is InChI=1S/C65H51N/c1-63(2)54-26-10-6-21-48(54)50-33-31-45(38-56(50)63)66(59-29-13-9-23-52(59)53-25-15-19-42-18-14-24-47(62(42)53)41-16-4-3-5-17-41)58-28-12-8-20-46(58)43-30-32-51-49-22-7-11-27-55(49)65(57(51)36-43)60-35-40-34-44-37-61(65)64(44,60)39-40/h3-33,36,38,40,44,60-61H,34-35,37,39H2,1-2H3. The lowest BCUT2D eigenvalue weighted by Crippen LogP contribution is -2.73. The van der Waals surface area contributed by atoms with E-state index in [4.69, 9.17) is 0 Å². The zero-order valence-corrected chi connectivity index (χ0v) is 37.6. The summed E-state index contributed by atoms with van der Waals surface area (Å²) in [5.74, 6) is 3.42. The van der Waals surface area contributed by atoms with Crippen molar-refractivity contribution in [3.05, 3.63) is 222 Å². The van der Waals surface area contributed by atoms with Gasteiger partial charge in [0, 0.05) is 27.6 Å². The molecular formula is C65H51N. The van der Waals surface area contributed by atoms with Crippen molar-refractivity contribution >= 4 is 27.8 Å². The molecule has 0 amide bonds. The molecule has 2 spiro atoms. The molecule has 6 aliphatic carbocycles. The lowest BCUT2D eigenvalue weighted by molar-refractivity contribution is -0.231. The molecule has 1 heteroatoms. The number of nitrogens with zero attached hydrogens (tertiary/aromatic N) is 1. The topological polar surface area (TPSA) is 3.24 Å². The van der Waals surface area contributed by atoms with E-state index in [0.29, 0.717) is 5.41 Å². The van der Waals surface area contributed by atoms with E-state index in [1.54, 1.807) is 11.1 Å². The van der Waals surface area contributed by atoms with Crippen LogP contribution in [0.2, 0.25) is 0 Å². The van der Waals surface area contributed by atoms with Crippen molar-refractivity contribution in [2.24, 2.45) is 29.1 Å². The molecule has 9 aromatic carbocycles. The Kier molecular flexibility index (Phi) is 7.40. The summed E-state index contributed by atoms with van der Waals surface area (Å²) in [5.41, 5.74) is 23.3. The molecule has 6 unspecified atom stereocenters. The minimum atomic E-state index is -0.142. The maximum atomic E-state index is 2.67. The molecule has 0 saturated heterocycles. The van der Waals surface area contributed by atoms with Gasteiger partial charge in [-0.15, -0.1) is 0 Å². The molecule has 6 atom stereocenters. The summed E-state index contributed by atoms with van der Waals surface area (Å²) in [4.78, 5) is 2.59. The molecule has 4 fully saturated rings. The van der Waals surface area contributed by atoms with Crippen molar-refractivity contribution in [3.63, 3.8) is 0 Å². The van der Waals surface area contributed by atoms with Crippen LogP contribution in [0, 0.1) is 29.1 Å². The van der Waals surface area contributed by atoms with Gasteiger partial charge in [-0.1, -0.05) is 184 Å². The normalized spacial score (nSPS) is 24.8. The predicted octanol–water partition coefficient (Wildman–Crippen LogP) is 16.9. The van der Waals surface area contributed by atoms with Crippen molar-refractivity contribution in [2.45, 2.75) is 50.4 Å². The highest BCUT2D eigenvalue weighted by molar-refractivity contribution is 6.09. The number of hydrogen-bond donors (Lipinski definition) is 0. The molecule has 0 heterocycles. The van der Waals surface area contributed by atoms with E-state index in [9.17, 15) is 0 Å². The molecule has 15 rings (SSSR count). The van der Waals surface area contributed by atoms with E-state index in [1.165, 1.54) is 120 Å². The second-order valence-electron chi connectivity index (χ2n) is 21.2. The van der Waals surface area contributed by atoms with Gasteiger partial charge in [0.25, 0.3) is 0 Å². The monoisotopic (exact) mass is 845 g/mol. The van der Waals surface area contributed by atoms with Crippen molar-refractivity contribution in [1.29, 1.82) is 0 Å². The van der Waals surface area contributed by atoms with Crippen molar-refractivity contribution in [1.82, 2.24) is 0 Å². The van der Waals surface area contributed by atoms with Crippen molar-refractivity contribution in [2.75, 3.05) is 4.90 Å². The van der Waals surface area contributed by atoms with E-state index < -0.39 is 0 Å². The molecule has 1 nitrogen and oxygen atoms in total. The Hall–Kier alpha value is -6.96. The highest BCUT2D eigenvalue weighted by Crippen LogP contribution is 2.89. The Labute approximate surface area is 388 Å². The fraction of sp³-hybridized carbons (Fsp3) is 0.200. The summed E-state index contributed by atoms with van der Waals surface area (Å²) < 4.78 is 0. The Bertz CT molecular complexity index is 3520. The quantitative estimate of drug-likeness (QED) is 0.161. The molecule has 6 aliphatic rings. The highest BCUT2D eigenvalue weighted by atomic mass is 15.1. The van der Waals surface area contributed by atoms with Gasteiger partial charge < -0.3 is 4.90 Å². The second kappa shape index (κ2) is 13.1. The van der Waals surface area contributed by atoms with Gasteiger partial charge in [0.15, 0.2) is 0 Å². The van der Waals surface area contributed by atoms with Crippen LogP contribution in [0.3, 0.4) is 0 Å². The fourth-order valence-corrected chi connectivity index (χ4v) is 16.0. The number of para-hydroxylation sites is 2. The van der Waals surface area contributed by atoms with E-state index in [-0.39, 0.29) is 10.8 Å². The number of hydrogen-bond acceptors (Lipinski definition) is 1. The van der Waals surface area contributed by atoms with Crippen LogP contribution in [0.5, 0.6) is 0 Å². The second-order valence-corrected chi connectivity index (χ2v) is 21.2. The van der Waals surface area contributed by atoms with Gasteiger partial charge in [0.1, 0.15) is 0 Å². The molecule has 66 heavy (non-hydrogen) atoms. The lowest BCUT2D eigenvalue weighted by atomic mass is 9.27. The summed E-state index contributed by atoms with van der Waals surface area (Å²) >= 11 is 0. The van der Waals surface area contributed by atoms with Gasteiger partial charge in [0.05, 0.1) is 11.4 Å². The van der Waals surface area contributed by atoms with Crippen LogP contribution < -0.4 is 4.90 Å². The van der Waals surface area contributed by atoms with Crippen LogP contribution in [0.25, 0.3) is 66.4 Å². The maximum absolute atomic E-state index is 2.67. The zero-order chi connectivity index (χ0) is 43.5. The van der Waals surface area contributed by atoms with E-state index >= 15 is 0 Å². The average Bonchev–Trinajstić information content (AvgIpc) is 4.06. The summed E-state index contributed by atoms with van der Waals surface area (Å²) in [5, 5.41) is 2.52. The molecule has 0 N–H and O–H groups in total. The molecule has 316 valence electrons. The largest absolute Gasteiger partial charge is 0.309 e. The molecule has 0 aliphatic heterocycles. The molecule has 2 bridgehead atoms. The average molecular weight is 846 g/mol. The fourth-order valence-electron chi connectivity index (χ4n) is 16.0. The first-order valence-corrected chi connectivity index (χ1v) is 24.5. The van der Waals surface area contributed by atoms with E-state index in [0.717, 1.165) is 23.7 Å². The first kappa shape index (κ1) is 37.3. The van der Waals surface area contributed by atoms with Gasteiger partial charge in [-0.3, -0.25) is 0 Å². The molecule has 9 aromatic rings. The van der Waals surface area contributed by atoms with E-state index in [1.807, 2.05) is 0 Å². The predicted molar refractivity (Wildman–Crippen MR) is 274 cm³/mol. The zero-order valence-electron chi connectivity index (χ0n) is 37.6. The smallest absolute Gasteiger partial charge is 0.0540 e. The minimum Gasteiger partial charge on any atom is -0.309 e. The number of rotatable bonds is 6. The van der Waals surface area contributed by atoms with Gasteiger partial charge >= 0.3 is 0 Å². The molecular weight excluding hydrogens is 795 g/mol. The third kappa shape index (κ3) is 4.57. The first-order chi connectivity index (χ1) is 32.5. The number of benzene rings is 9. The molecule has 0 aromatic heterocycles. The van der Waals surface area contributed by atoms with Crippen LogP contribution in [0.4, 0.5) is 17.1 Å².